The second kappa shape index (κ2) is 3.70. The van der Waals surface area contributed by atoms with Gasteiger partial charge < -0.3 is 10.3 Å². The Hall–Kier alpha value is -0.850. The Kier molecular flexibility index (Phi) is 2.85. The van der Waals surface area contributed by atoms with Crippen LogP contribution in [0.1, 0.15) is 12.8 Å². The third-order valence-corrected chi connectivity index (χ3v) is 2.06. The lowest BCUT2D eigenvalue weighted by Crippen LogP contribution is -2.49. The summed E-state index contributed by atoms with van der Waals surface area (Å²) in [5.74, 6) is 5.27. The molecule has 1 fully saturated rings. The highest BCUT2D eigenvalue weighted by atomic mass is 16.5. The summed E-state index contributed by atoms with van der Waals surface area (Å²) in [6.45, 7) is 0.956. The van der Waals surface area contributed by atoms with Crippen molar-refractivity contribution in [3.8, 4) is 0 Å². The molecule has 0 spiro atoms. The van der Waals surface area contributed by atoms with Gasteiger partial charge in [0.1, 0.15) is 0 Å². The summed E-state index contributed by atoms with van der Waals surface area (Å²) < 4.78 is 0. The minimum atomic E-state index is -1.12. The first-order valence-corrected chi connectivity index (χ1v) is 3.82. The van der Waals surface area contributed by atoms with E-state index in [1.165, 1.54) is 5.06 Å². The number of hydrogen-bond acceptors (Lipinski definition) is 4. The van der Waals surface area contributed by atoms with E-state index in [-0.39, 0.29) is 6.04 Å². The minimum Gasteiger partial charge on any atom is -0.464 e. The number of hydroxylamine groups is 2. The molecule has 0 aliphatic carbocycles. The Morgan fingerprint density at radius 1 is 1.50 bits per heavy atom. The Balaban J connectivity index is 2.39. The van der Waals surface area contributed by atoms with Crippen molar-refractivity contribution in [1.29, 1.82) is 0 Å². The van der Waals surface area contributed by atoms with Gasteiger partial charge in [0.2, 0.25) is 0 Å². The van der Waals surface area contributed by atoms with E-state index in [0.717, 1.165) is 5.01 Å². The SMILES string of the molecule is NN(C(=O)O)C1CCN(O)CC1. The molecule has 1 heterocycles. The normalized spacial score (nSPS) is 20.8. The van der Waals surface area contributed by atoms with Gasteiger partial charge in [-0.15, -0.1) is 0 Å². The molecule has 0 aromatic carbocycles. The number of amides is 1. The number of carboxylic acid groups (broad SMARTS) is 1. The summed E-state index contributed by atoms with van der Waals surface area (Å²) in [6, 6.07) is -0.161. The summed E-state index contributed by atoms with van der Waals surface area (Å²) in [7, 11) is 0. The average molecular weight is 175 g/mol. The van der Waals surface area contributed by atoms with Gasteiger partial charge in [-0.05, 0) is 12.8 Å². The van der Waals surface area contributed by atoms with Gasteiger partial charge in [-0.3, -0.25) is 0 Å². The predicted molar refractivity (Wildman–Crippen MR) is 40.4 cm³/mol. The van der Waals surface area contributed by atoms with E-state index < -0.39 is 6.09 Å². The maximum atomic E-state index is 10.4. The molecule has 70 valence electrons. The summed E-state index contributed by atoms with van der Waals surface area (Å²) in [4.78, 5) is 10.4. The topological polar surface area (TPSA) is 90.0 Å². The van der Waals surface area contributed by atoms with Crippen molar-refractivity contribution in [3.63, 3.8) is 0 Å². The molecule has 1 aliphatic heterocycles. The van der Waals surface area contributed by atoms with E-state index in [1.54, 1.807) is 0 Å². The lowest BCUT2D eigenvalue weighted by Gasteiger charge is -2.31. The number of piperidine rings is 1. The Labute approximate surface area is 70.1 Å². The van der Waals surface area contributed by atoms with Gasteiger partial charge in [0, 0.05) is 13.1 Å². The van der Waals surface area contributed by atoms with Crippen LogP contribution in [-0.2, 0) is 0 Å². The molecule has 12 heavy (non-hydrogen) atoms. The number of carbonyl (C=O) groups is 1. The minimum absolute atomic E-state index is 0.161. The molecule has 0 aromatic heterocycles. The third kappa shape index (κ3) is 2.07. The number of hydrogen-bond donors (Lipinski definition) is 3. The molecule has 0 aromatic rings. The lowest BCUT2D eigenvalue weighted by atomic mass is 10.1. The molecule has 1 aliphatic rings. The van der Waals surface area contributed by atoms with Crippen LogP contribution in [0.3, 0.4) is 0 Å². The van der Waals surface area contributed by atoms with Gasteiger partial charge >= 0.3 is 6.09 Å². The van der Waals surface area contributed by atoms with Gasteiger partial charge in [0.25, 0.3) is 0 Å². The molecular weight excluding hydrogens is 162 g/mol. The Morgan fingerprint density at radius 2 is 2.00 bits per heavy atom. The summed E-state index contributed by atoms with van der Waals surface area (Å²) >= 11 is 0. The van der Waals surface area contributed by atoms with Crippen LogP contribution in [-0.4, -0.2) is 45.6 Å². The monoisotopic (exact) mass is 175 g/mol. The molecule has 0 radical (unpaired) electrons. The predicted octanol–water partition coefficient (Wildman–Crippen LogP) is -0.306. The highest BCUT2D eigenvalue weighted by Crippen LogP contribution is 2.12. The van der Waals surface area contributed by atoms with E-state index in [2.05, 4.69) is 0 Å². The van der Waals surface area contributed by atoms with Gasteiger partial charge in [-0.25, -0.2) is 15.6 Å². The van der Waals surface area contributed by atoms with E-state index in [1.807, 2.05) is 0 Å². The zero-order chi connectivity index (χ0) is 9.14. The number of nitrogens with zero attached hydrogens (tertiary/aromatic N) is 2. The maximum Gasteiger partial charge on any atom is 0.421 e. The van der Waals surface area contributed by atoms with Crippen LogP contribution < -0.4 is 5.84 Å². The molecule has 1 saturated heterocycles. The van der Waals surface area contributed by atoms with Crippen LogP contribution in [0.5, 0.6) is 0 Å². The fourth-order valence-corrected chi connectivity index (χ4v) is 1.29. The maximum absolute atomic E-state index is 10.4. The molecule has 6 heteroatoms. The number of nitrogens with two attached hydrogens (primary N) is 1. The summed E-state index contributed by atoms with van der Waals surface area (Å²) in [5.41, 5.74) is 0. The van der Waals surface area contributed by atoms with E-state index in [9.17, 15) is 4.79 Å². The van der Waals surface area contributed by atoms with Crippen molar-refractivity contribution in [2.75, 3.05) is 13.1 Å². The Morgan fingerprint density at radius 3 is 2.42 bits per heavy atom. The number of hydrazine groups is 1. The fraction of sp³-hybridized carbons (Fsp3) is 0.833. The standard InChI is InChI=1S/C6H13N3O3/c7-9(6(10)11)5-1-3-8(12)4-2-5/h5,12H,1-4,7H2,(H,10,11). The van der Waals surface area contributed by atoms with Crippen LogP contribution >= 0.6 is 0 Å². The van der Waals surface area contributed by atoms with Crippen molar-refractivity contribution in [3.05, 3.63) is 0 Å². The van der Waals surface area contributed by atoms with Gasteiger partial charge in [-0.1, -0.05) is 0 Å². The molecule has 4 N–H and O–H groups in total. The first kappa shape index (κ1) is 9.24. The molecule has 0 saturated carbocycles. The van der Waals surface area contributed by atoms with Crippen molar-refractivity contribution in [2.45, 2.75) is 18.9 Å². The van der Waals surface area contributed by atoms with Crippen molar-refractivity contribution >= 4 is 6.09 Å². The molecule has 0 bridgehead atoms. The average Bonchev–Trinajstić information content (AvgIpc) is 2.04. The molecule has 1 amide bonds. The van der Waals surface area contributed by atoms with Crippen LogP contribution in [0.25, 0.3) is 0 Å². The van der Waals surface area contributed by atoms with E-state index >= 15 is 0 Å². The van der Waals surface area contributed by atoms with Gasteiger partial charge in [0.15, 0.2) is 0 Å². The van der Waals surface area contributed by atoms with Gasteiger partial charge in [0.05, 0.1) is 6.04 Å². The van der Waals surface area contributed by atoms with Crippen molar-refractivity contribution < 1.29 is 15.1 Å². The molecule has 6 nitrogen and oxygen atoms in total. The first-order valence-electron chi connectivity index (χ1n) is 3.82. The summed E-state index contributed by atoms with van der Waals surface area (Å²) in [5, 5.41) is 19.5. The van der Waals surface area contributed by atoms with Crippen LogP contribution in [0, 0.1) is 0 Å². The van der Waals surface area contributed by atoms with Gasteiger partial charge in [-0.2, -0.15) is 5.06 Å². The first-order chi connectivity index (χ1) is 5.61. The molecule has 0 atom stereocenters. The lowest BCUT2D eigenvalue weighted by molar-refractivity contribution is -0.114. The van der Waals surface area contributed by atoms with Crippen molar-refractivity contribution in [1.82, 2.24) is 10.1 Å². The molecule has 0 unspecified atom stereocenters. The zero-order valence-electron chi connectivity index (χ0n) is 6.68. The zero-order valence-corrected chi connectivity index (χ0v) is 6.68. The highest BCUT2D eigenvalue weighted by molar-refractivity contribution is 5.64. The van der Waals surface area contributed by atoms with E-state index in [0.29, 0.717) is 25.9 Å². The fourth-order valence-electron chi connectivity index (χ4n) is 1.29. The van der Waals surface area contributed by atoms with Crippen LogP contribution in [0.15, 0.2) is 0 Å². The second-order valence-corrected chi connectivity index (χ2v) is 2.87. The quantitative estimate of drug-likeness (QED) is 0.289. The second-order valence-electron chi connectivity index (χ2n) is 2.87. The largest absolute Gasteiger partial charge is 0.464 e. The molecular formula is C6H13N3O3. The van der Waals surface area contributed by atoms with E-state index in [4.69, 9.17) is 16.2 Å². The van der Waals surface area contributed by atoms with Crippen LogP contribution in [0.4, 0.5) is 4.79 Å². The Bertz CT molecular complexity index is 167. The molecule has 1 rings (SSSR count). The smallest absolute Gasteiger partial charge is 0.421 e. The van der Waals surface area contributed by atoms with Crippen LogP contribution in [0.2, 0.25) is 0 Å². The summed E-state index contributed by atoms with van der Waals surface area (Å²) in [6.07, 6.45) is 0.0462. The third-order valence-electron chi connectivity index (χ3n) is 2.06. The highest BCUT2D eigenvalue weighted by Gasteiger charge is 2.24. The van der Waals surface area contributed by atoms with Crippen molar-refractivity contribution in [2.24, 2.45) is 5.84 Å². The number of rotatable bonds is 1.